The molecule has 0 saturated carbocycles. The number of benzene rings is 4. The Morgan fingerprint density at radius 3 is 0.794 bits per heavy atom. The predicted octanol–water partition coefficient (Wildman–Crippen LogP) is 12.1. The molecule has 6 heteroatoms. The first-order valence-corrected chi connectivity index (χ1v) is 23.0. The third kappa shape index (κ3) is 12.7. The van der Waals surface area contributed by atoms with Gasteiger partial charge in [0.2, 0.25) is 0 Å². The lowest BCUT2D eigenvalue weighted by atomic mass is 9.82. The van der Waals surface area contributed by atoms with Crippen molar-refractivity contribution in [3.05, 3.63) is 230 Å². The monoisotopic (exact) mass is 835 g/mol. The summed E-state index contributed by atoms with van der Waals surface area (Å²) in [6.07, 6.45) is 2.86. The van der Waals surface area contributed by atoms with Gasteiger partial charge in [-0.2, -0.15) is 0 Å². The Bertz CT molecular complexity index is 2200. The van der Waals surface area contributed by atoms with Gasteiger partial charge in [0, 0.05) is 76.0 Å². The first-order chi connectivity index (χ1) is 30.8. The van der Waals surface area contributed by atoms with Gasteiger partial charge in [-0.25, -0.2) is 0 Å². The van der Waals surface area contributed by atoms with Gasteiger partial charge in [0.05, 0.1) is 17.1 Å². The average Bonchev–Trinajstić information content (AvgIpc) is 3.28. The fraction of sp³-hybridized carbons (Fsp3) is 0.316. The maximum absolute atomic E-state index is 5.03. The van der Waals surface area contributed by atoms with Gasteiger partial charge in [0.1, 0.15) is 0 Å². The molecule has 0 radical (unpaired) electrons. The van der Waals surface area contributed by atoms with Crippen molar-refractivity contribution in [2.75, 3.05) is 0 Å². The molecule has 0 aliphatic rings. The largest absolute Gasteiger partial charge is 0.289 e. The van der Waals surface area contributed by atoms with E-state index in [1.807, 2.05) is 0 Å². The number of aryl methyl sites for hydroxylation is 3. The molecule has 0 bridgehead atoms. The van der Waals surface area contributed by atoms with Gasteiger partial charge in [0.25, 0.3) is 0 Å². The molecule has 0 amide bonds. The molecule has 3 aromatic heterocycles. The van der Waals surface area contributed by atoms with Gasteiger partial charge in [-0.1, -0.05) is 130 Å². The van der Waals surface area contributed by atoms with Gasteiger partial charge >= 0.3 is 0 Å². The van der Waals surface area contributed by atoms with E-state index in [1.165, 1.54) is 50.1 Å². The second-order valence-corrected chi connectivity index (χ2v) is 17.1. The summed E-state index contributed by atoms with van der Waals surface area (Å²) in [5, 5.41) is 0. The molecule has 0 aliphatic carbocycles. The van der Waals surface area contributed by atoms with Crippen molar-refractivity contribution < 1.29 is 0 Å². The molecule has 0 N–H and O–H groups in total. The Hall–Kier alpha value is -5.79. The van der Waals surface area contributed by atoms with E-state index in [0.717, 1.165) is 112 Å². The maximum Gasteiger partial charge on any atom is 0.0547 e. The molecule has 0 unspecified atom stereocenters. The van der Waals surface area contributed by atoms with Crippen LogP contribution in [-0.4, -0.2) is 29.7 Å². The highest BCUT2D eigenvalue weighted by molar-refractivity contribution is 5.53. The minimum atomic E-state index is 0.765. The standard InChI is InChI=1S/C57H66N6/c1-7-52-55(40-61(34-46-25-13-10-14-26-46)37-49-31-19-22-43(4)58-49)53(8-2)57(42-63(36-48-29-17-12-18-30-48)39-51-33-21-24-45(6)60-51)54(9-3)56(52)41-62(35-47-27-15-11-16-28-47)38-50-32-20-23-44(5)59-50/h10-33H,7-9,34-42H2,1-6H3. The Labute approximate surface area is 377 Å². The van der Waals surface area contributed by atoms with Crippen molar-refractivity contribution in [3.63, 3.8) is 0 Å². The lowest BCUT2D eigenvalue weighted by molar-refractivity contribution is 0.233. The van der Waals surface area contributed by atoms with Crippen LogP contribution in [0.1, 0.15) is 105 Å². The molecular weight excluding hydrogens is 769 g/mol. The quantitative estimate of drug-likeness (QED) is 0.0719. The van der Waals surface area contributed by atoms with Crippen LogP contribution < -0.4 is 0 Å². The number of pyridine rings is 3. The van der Waals surface area contributed by atoms with Crippen LogP contribution in [0.3, 0.4) is 0 Å². The number of rotatable bonds is 21. The van der Waals surface area contributed by atoms with E-state index in [1.54, 1.807) is 0 Å². The SMILES string of the molecule is CCc1c(CN(Cc2ccccc2)Cc2cccc(C)n2)c(CC)c(CN(Cc2ccccc2)Cc2cccc(C)n2)c(CC)c1CN(Cc1ccccc1)Cc1cccc(C)n1. The van der Waals surface area contributed by atoms with E-state index in [-0.39, 0.29) is 0 Å². The minimum Gasteiger partial charge on any atom is -0.289 e. The molecule has 7 rings (SSSR count). The maximum atomic E-state index is 5.03. The lowest BCUT2D eigenvalue weighted by Gasteiger charge is -2.34. The summed E-state index contributed by atoms with van der Waals surface area (Å²) in [4.78, 5) is 23.0. The fourth-order valence-electron chi connectivity index (χ4n) is 9.39. The third-order valence-electron chi connectivity index (χ3n) is 12.1. The Balaban J connectivity index is 1.40. The van der Waals surface area contributed by atoms with Crippen molar-refractivity contribution in [1.29, 1.82) is 0 Å². The molecular formula is C57H66N6. The number of hydrogen-bond acceptors (Lipinski definition) is 6. The van der Waals surface area contributed by atoms with E-state index in [0.29, 0.717) is 0 Å². The van der Waals surface area contributed by atoms with Crippen molar-refractivity contribution in [1.82, 2.24) is 29.7 Å². The summed E-state index contributed by atoms with van der Waals surface area (Å²) in [7, 11) is 0. The van der Waals surface area contributed by atoms with Crippen molar-refractivity contribution in [3.8, 4) is 0 Å². The topological polar surface area (TPSA) is 48.4 Å². The Morgan fingerprint density at radius 1 is 0.286 bits per heavy atom. The smallest absolute Gasteiger partial charge is 0.0547 e. The third-order valence-corrected chi connectivity index (χ3v) is 12.1. The number of hydrogen-bond donors (Lipinski definition) is 0. The zero-order valence-corrected chi connectivity index (χ0v) is 38.5. The first-order valence-electron chi connectivity index (χ1n) is 23.0. The highest BCUT2D eigenvalue weighted by atomic mass is 15.1. The Kier molecular flexibility index (Phi) is 16.2. The fourth-order valence-corrected chi connectivity index (χ4v) is 9.39. The van der Waals surface area contributed by atoms with Crippen LogP contribution >= 0.6 is 0 Å². The van der Waals surface area contributed by atoms with E-state index in [9.17, 15) is 0 Å². The summed E-state index contributed by atoms with van der Waals surface area (Å²) in [6, 6.07) is 52.2. The van der Waals surface area contributed by atoms with Crippen LogP contribution in [0.2, 0.25) is 0 Å². The van der Waals surface area contributed by atoms with Crippen LogP contribution in [0.25, 0.3) is 0 Å². The van der Waals surface area contributed by atoms with Crippen molar-refractivity contribution >= 4 is 0 Å². The molecule has 6 nitrogen and oxygen atoms in total. The number of nitrogens with zero attached hydrogens (tertiary/aromatic N) is 6. The van der Waals surface area contributed by atoms with Crippen molar-refractivity contribution in [2.24, 2.45) is 0 Å². The molecule has 0 fully saturated rings. The molecule has 0 saturated heterocycles. The van der Waals surface area contributed by atoms with Crippen LogP contribution in [-0.2, 0) is 78.2 Å². The highest BCUT2D eigenvalue weighted by Gasteiger charge is 2.26. The molecule has 63 heavy (non-hydrogen) atoms. The first kappa shape index (κ1) is 45.2. The number of aromatic nitrogens is 3. The van der Waals surface area contributed by atoms with E-state index in [4.69, 9.17) is 15.0 Å². The van der Waals surface area contributed by atoms with Crippen LogP contribution in [0.4, 0.5) is 0 Å². The van der Waals surface area contributed by atoms with E-state index < -0.39 is 0 Å². The van der Waals surface area contributed by atoms with Crippen LogP contribution in [0.5, 0.6) is 0 Å². The van der Waals surface area contributed by atoms with Crippen LogP contribution in [0.15, 0.2) is 146 Å². The zero-order valence-electron chi connectivity index (χ0n) is 38.5. The summed E-state index contributed by atoms with van der Waals surface area (Å²) in [5.41, 5.74) is 19.3. The molecule has 324 valence electrons. The van der Waals surface area contributed by atoms with Gasteiger partial charge in [-0.3, -0.25) is 29.7 Å². The van der Waals surface area contributed by atoms with Gasteiger partial charge in [-0.05, 0) is 127 Å². The van der Waals surface area contributed by atoms with E-state index in [2.05, 4.69) is 202 Å². The van der Waals surface area contributed by atoms with Gasteiger partial charge in [-0.15, -0.1) is 0 Å². The molecule has 0 spiro atoms. The molecule has 3 heterocycles. The molecule has 0 atom stereocenters. The summed E-state index contributed by atoms with van der Waals surface area (Å²) in [6.45, 7) is 20.7. The predicted molar refractivity (Wildman–Crippen MR) is 260 cm³/mol. The van der Waals surface area contributed by atoms with E-state index >= 15 is 0 Å². The second kappa shape index (κ2) is 22.5. The molecule has 4 aromatic carbocycles. The molecule has 7 aromatic rings. The lowest BCUT2D eigenvalue weighted by Crippen LogP contribution is -2.30. The average molecular weight is 835 g/mol. The minimum absolute atomic E-state index is 0.765. The van der Waals surface area contributed by atoms with Gasteiger partial charge < -0.3 is 0 Å². The van der Waals surface area contributed by atoms with Gasteiger partial charge in [0.15, 0.2) is 0 Å². The summed E-state index contributed by atoms with van der Waals surface area (Å²) >= 11 is 0. The zero-order chi connectivity index (χ0) is 44.0. The highest BCUT2D eigenvalue weighted by Crippen LogP contribution is 2.35. The normalized spacial score (nSPS) is 11.6. The second-order valence-electron chi connectivity index (χ2n) is 17.1. The van der Waals surface area contributed by atoms with Crippen molar-refractivity contribution in [2.45, 2.75) is 120 Å². The molecule has 0 aliphatic heterocycles. The Morgan fingerprint density at radius 2 is 0.556 bits per heavy atom. The summed E-state index contributed by atoms with van der Waals surface area (Å²) < 4.78 is 0. The summed E-state index contributed by atoms with van der Waals surface area (Å²) in [5.74, 6) is 0. The van der Waals surface area contributed by atoms with Crippen LogP contribution in [0, 0.1) is 20.8 Å².